The summed E-state index contributed by atoms with van der Waals surface area (Å²) in [6, 6.07) is 23.3. The number of primary amides is 1. The highest BCUT2D eigenvalue weighted by Gasteiger charge is 2.34. The second-order valence-electron chi connectivity index (χ2n) is 19.4. The minimum Gasteiger partial charge on any atom is -0.495 e. The van der Waals surface area contributed by atoms with Crippen molar-refractivity contribution in [1.82, 2.24) is 20.4 Å². The number of nitrogens with one attached hydrogen (secondary N) is 2. The van der Waals surface area contributed by atoms with Crippen molar-refractivity contribution >= 4 is 46.9 Å². The molecule has 1 unspecified atom stereocenters. The fourth-order valence-electron chi connectivity index (χ4n) is 10.9. The van der Waals surface area contributed by atoms with E-state index in [1.807, 2.05) is 35.2 Å². The molecule has 1 saturated carbocycles. The lowest BCUT2D eigenvalue weighted by atomic mass is 9.82. The van der Waals surface area contributed by atoms with Gasteiger partial charge in [-0.3, -0.25) is 29.4 Å². The number of hydrogen-bond donors (Lipinski definition) is 3. The van der Waals surface area contributed by atoms with Crippen molar-refractivity contribution in [3.05, 3.63) is 112 Å². The lowest BCUT2D eigenvalue weighted by Crippen LogP contribution is -2.49. The van der Waals surface area contributed by atoms with Gasteiger partial charge in [-0.05, 0) is 117 Å². The van der Waals surface area contributed by atoms with E-state index in [-0.39, 0.29) is 83.7 Å². The fraction of sp³-hybridized carbons (Fsp3) is 0.473. The molecule has 378 valence electrons. The molecule has 3 heterocycles. The van der Waals surface area contributed by atoms with Crippen molar-refractivity contribution in [1.29, 1.82) is 0 Å². The second-order valence-corrected chi connectivity index (χ2v) is 19.8. The molecule has 0 aromatic heterocycles. The number of anilines is 1. The van der Waals surface area contributed by atoms with Gasteiger partial charge in [0.25, 0.3) is 5.91 Å². The van der Waals surface area contributed by atoms with Crippen LogP contribution in [0.4, 0.5) is 14.9 Å². The van der Waals surface area contributed by atoms with E-state index in [9.17, 15) is 24.0 Å². The Morgan fingerprint density at radius 1 is 0.789 bits per heavy atom. The molecule has 14 nitrogen and oxygen atoms in total. The summed E-state index contributed by atoms with van der Waals surface area (Å²) in [5, 5.41) is 6.42. The van der Waals surface area contributed by atoms with Gasteiger partial charge in [0.1, 0.15) is 12.4 Å². The minimum absolute atomic E-state index is 0.00254. The van der Waals surface area contributed by atoms with Crippen molar-refractivity contribution in [3.8, 4) is 22.6 Å². The van der Waals surface area contributed by atoms with Gasteiger partial charge >= 0.3 is 6.03 Å². The van der Waals surface area contributed by atoms with Gasteiger partial charge in [0.15, 0.2) is 11.6 Å². The molecule has 1 atom stereocenters. The van der Waals surface area contributed by atoms with Gasteiger partial charge in [0.2, 0.25) is 17.7 Å². The Balaban J connectivity index is 0.794. The maximum atomic E-state index is 16.2. The first-order chi connectivity index (χ1) is 34.4. The van der Waals surface area contributed by atoms with Crippen molar-refractivity contribution in [2.24, 2.45) is 23.5 Å². The number of methoxy groups -OCH3 is 2. The SMILES string of the molecule is COCCOc1ccc(C(N)=O)c(-c2cc(C(CNC3CCC(C(=O)N4CCC(CCC5CCN(C(=O)c6ccc(OC)c(N7CCC(=O)NC7=O)c6)CC5)CC4)CC3)c3ccccc3)ccc2Cl)c1F. The number of likely N-dealkylation sites (tertiary alicyclic amines) is 2. The van der Waals surface area contributed by atoms with E-state index in [4.69, 9.17) is 31.5 Å². The van der Waals surface area contributed by atoms with Gasteiger partial charge in [-0.2, -0.15) is 0 Å². The third-order valence-corrected chi connectivity index (χ3v) is 15.4. The zero-order valence-corrected chi connectivity index (χ0v) is 41.5. The van der Waals surface area contributed by atoms with E-state index in [0.29, 0.717) is 54.0 Å². The summed E-state index contributed by atoms with van der Waals surface area (Å²) in [6.07, 6.45) is 9.76. The van der Waals surface area contributed by atoms with Gasteiger partial charge in [-0.25, -0.2) is 9.18 Å². The Bertz CT molecular complexity index is 2540. The molecule has 4 aliphatic rings. The second kappa shape index (κ2) is 23.9. The number of halogens is 2. The first-order valence-corrected chi connectivity index (χ1v) is 25.5. The van der Waals surface area contributed by atoms with Crippen LogP contribution in [-0.4, -0.2) is 112 Å². The van der Waals surface area contributed by atoms with Gasteiger partial charge in [0, 0.05) is 92.4 Å². The summed E-state index contributed by atoms with van der Waals surface area (Å²) < 4.78 is 32.4. The maximum Gasteiger partial charge on any atom is 0.328 e. The van der Waals surface area contributed by atoms with Crippen LogP contribution < -0.4 is 30.7 Å². The Morgan fingerprint density at radius 2 is 1.46 bits per heavy atom. The molecule has 3 saturated heterocycles. The summed E-state index contributed by atoms with van der Waals surface area (Å²) in [6.45, 7) is 4.15. The van der Waals surface area contributed by atoms with Crippen molar-refractivity contribution < 1.29 is 42.6 Å². The first kappa shape index (κ1) is 51.3. The number of piperidine rings is 2. The predicted molar refractivity (Wildman–Crippen MR) is 270 cm³/mol. The zero-order valence-electron chi connectivity index (χ0n) is 40.8. The van der Waals surface area contributed by atoms with E-state index >= 15 is 4.39 Å². The lowest BCUT2D eigenvalue weighted by Gasteiger charge is -2.37. The normalized spacial score (nSPS) is 19.6. The van der Waals surface area contributed by atoms with Crippen LogP contribution in [0.25, 0.3) is 11.1 Å². The predicted octanol–water partition coefficient (Wildman–Crippen LogP) is 8.58. The van der Waals surface area contributed by atoms with Gasteiger partial charge in [0.05, 0.1) is 25.0 Å². The fourth-order valence-corrected chi connectivity index (χ4v) is 11.1. The highest BCUT2D eigenvalue weighted by Crippen LogP contribution is 2.40. The van der Waals surface area contributed by atoms with E-state index in [1.165, 1.54) is 31.3 Å². The van der Waals surface area contributed by atoms with E-state index in [1.54, 1.807) is 24.3 Å². The van der Waals surface area contributed by atoms with Gasteiger partial charge < -0.3 is 35.1 Å². The monoisotopic (exact) mass is 992 g/mol. The Hall–Kier alpha value is -6.03. The van der Waals surface area contributed by atoms with E-state index in [0.717, 1.165) is 88.4 Å². The van der Waals surface area contributed by atoms with Gasteiger partial charge in [-0.1, -0.05) is 60.8 Å². The van der Waals surface area contributed by atoms with E-state index in [2.05, 4.69) is 27.7 Å². The molecule has 4 N–H and O–H groups in total. The molecule has 0 bridgehead atoms. The highest BCUT2D eigenvalue weighted by molar-refractivity contribution is 6.33. The summed E-state index contributed by atoms with van der Waals surface area (Å²) in [5.74, 6) is -0.164. The quantitative estimate of drug-likeness (QED) is 0.0826. The molecule has 4 aromatic carbocycles. The van der Waals surface area contributed by atoms with Crippen LogP contribution in [0.5, 0.6) is 11.5 Å². The molecule has 0 radical (unpaired) electrons. The summed E-state index contributed by atoms with van der Waals surface area (Å²) >= 11 is 6.76. The standard InChI is InChI=1S/C55H66ClFN6O8/c1-69-30-31-71-48-19-16-42(52(58)65)50(51(48)57)43-32-39(12-17-45(43)56)44(37-6-4-3-5-7-37)34-59-41-14-10-38(11-15-41)53(66)61-25-20-35(21-26-61)8-9-36-22-27-62(28-23-36)54(67)40-13-18-47(70-2)46(33-40)63-29-24-49(64)60-55(63)68/h3-7,12-13,16-19,32-33,35-36,38,41,44,59H,8-11,14-15,20-31,34H2,1-2H3,(H2,58,65)(H,60,64,68). The molecule has 1 aliphatic carbocycles. The van der Waals surface area contributed by atoms with Crippen LogP contribution in [0.3, 0.4) is 0 Å². The van der Waals surface area contributed by atoms with Crippen molar-refractivity contribution in [2.45, 2.75) is 82.6 Å². The third kappa shape index (κ3) is 12.4. The number of benzene rings is 4. The summed E-state index contributed by atoms with van der Waals surface area (Å²) in [4.78, 5) is 69.8. The van der Waals surface area contributed by atoms with Gasteiger partial charge in [-0.15, -0.1) is 0 Å². The molecular formula is C55H66ClFN6O8. The number of hydrogen-bond acceptors (Lipinski definition) is 9. The van der Waals surface area contributed by atoms with E-state index < -0.39 is 17.8 Å². The maximum absolute atomic E-state index is 16.2. The Labute approximate surface area is 420 Å². The van der Waals surface area contributed by atoms with Crippen molar-refractivity contribution in [2.75, 3.05) is 71.6 Å². The molecule has 0 spiro atoms. The largest absolute Gasteiger partial charge is 0.495 e. The topological polar surface area (TPSA) is 173 Å². The number of carbonyl (C=O) groups is 5. The average Bonchev–Trinajstić information content (AvgIpc) is 3.39. The number of nitrogens with zero attached hydrogens (tertiary/aromatic N) is 3. The van der Waals surface area contributed by atoms with Crippen LogP contribution in [0.15, 0.2) is 78.9 Å². The molecule has 4 aromatic rings. The highest BCUT2D eigenvalue weighted by atomic mass is 35.5. The van der Waals surface area contributed by atoms with Crippen LogP contribution in [0.1, 0.15) is 108 Å². The molecule has 6 amide bonds. The van der Waals surface area contributed by atoms with Crippen molar-refractivity contribution in [3.63, 3.8) is 0 Å². The zero-order chi connectivity index (χ0) is 50.0. The van der Waals surface area contributed by atoms with Crippen LogP contribution >= 0.6 is 11.6 Å². The molecule has 3 aliphatic heterocycles. The number of amides is 6. The Morgan fingerprint density at radius 3 is 2.11 bits per heavy atom. The number of urea groups is 1. The molecule has 8 rings (SSSR count). The number of nitrogens with two attached hydrogens (primary N) is 1. The summed E-state index contributed by atoms with van der Waals surface area (Å²) in [5.41, 5.74) is 9.01. The van der Waals surface area contributed by atoms with Crippen LogP contribution in [-0.2, 0) is 14.3 Å². The number of ether oxygens (including phenoxy) is 3. The smallest absolute Gasteiger partial charge is 0.328 e. The minimum atomic E-state index is -0.780. The van der Waals surface area contributed by atoms with Crippen LogP contribution in [0, 0.1) is 23.6 Å². The molecule has 4 fully saturated rings. The number of carbonyl (C=O) groups excluding carboxylic acids is 5. The molecular weight excluding hydrogens is 927 g/mol. The third-order valence-electron chi connectivity index (χ3n) is 15.0. The lowest BCUT2D eigenvalue weighted by molar-refractivity contribution is -0.138. The average molecular weight is 994 g/mol. The number of imide groups is 1. The number of rotatable bonds is 18. The first-order valence-electron chi connectivity index (χ1n) is 25.1. The molecule has 16 heteroatoms. The Kier molecular flexibility index (Phi) is 17.3. The van der Waals surface area contributed by atoms with Crippen LogP contribution in [0.2, 0.25) is 5.02 Å². The summed E-state index contributed by atoms with van der Waals surface area (Å²) in [7, 11) is 3.04. The molecule has 71 heavy (non-hydrogen) atoms.